The second-order valence-corrected chi connectivity index (χ2v) is 7.33. The van der Waals surface area contributed by atoms with Gasteiger partial charge >= 0.3 is 0 Å². The lowest BCUT2D eigenvalue weighted by atomic mass is 10.1. The molecule has 29 heavy (non-hydrogen) atoms. The van der Waals surface area contributed by atoms with E-state index in [4.69, 9.17) is 4.98 Å². The van der Waals surface area contributed by atoms with Crippen LogP contribution in [0.4, 0.5) is 0 Å². The van der Waals surface area contributed by atoms with Crippen LogP contribution in [-0.4, -0.2) is 20.2 Å². The highest BCUT2D eigenvalue weighted by Crippen LogP contribution is 2.20. The summed E-state index contributed by atoms with van der Waals surface area (Å²) in [6, 6.07) is 24.3. The highest BCUT2D eigenvalue weighted by molar-refractivity contribution is 5.94. The Hall–Kier alpha value is -3.40. The van der Waals surface area contributed by atoms with Crippen molar-refractivity contribution in [2.24, 2.45) is 0 Å². The van der Waals surface area contributed by atoms with E-state index in [1.54, 1.807) is 0 Å². The van der Waals surface area contributed by atoms with Crippen LogP contribution >= 0.6 is 0 Å². The summed E-state index contributed by atoms with van der Waals surface area (Å²) < 4.78 is 1.94. The van der Waals surface area contributed by atoms with E-state index in [1.165, 1.54) is 0 Å². The number of hydrogen-bond donors (Lipinski definition) is 0. The first-order valence-corrected chi connectivity index (χ1v) is 10.0. The lowest BCUT2D eigenvalue weighted by molar-refractivity contribution is 0.0721. The molecule has 2 aromatic carbocycles. The largest absolute Gasteiger partial charge is 0.329 e. The lowest BCUT2D eigenvalue weighted by Crippen LogP contribution is -2.31. The van der Waals surface area contributed by atoms with Gasteiger partial charge < -0.3 is 4.90 Å². The van der Waals surface area contributed by atoms with E-state index in [-0.39, 0.29) is 5.91 Å². The molecule has 0 radical (unpaired) electrons. The summed E-state index contributed by atoms with van der Waals surface area (Å²) in [5.41, 5.74) is 5.64. The van der Waals surface area contributed by atoms with Crippen molar-refractivity contribution in [3.63, 3.8) is 0 Å². The zero-order valence-corrected chi connectivity index (χ0v) is 16.9. The summed E-state index contributed by atoms with van der Waals surface area (Å²) in [5, 5.41) is 0. The lowest BCUT2D eigenvalue weighted by Gasteiger charge is -2.23. The van der Waals surface area contributed by atoms with Gasteiger partial charge in [-0.25, -0.2) is 4.98 Å². The number of pyridine rings is 1. The fourth-order valence-electron chi connectivity index (χ4n) is 3.63. The Labute approximate surface area is 171 Å². The highest BCUT2D eigenvalue weighted by atomic mass is 16.2. The molecule has 4 heteroatoms. The number of amides is 1. The normalized spacial score (nSPS) is 11.0. The first-order chi connectivity index (χ1) is 14.2. The Morgan fingerprint density at radius 3 is 2.03 bits per heavy atom. The van der Waals surface area contributed by atoms with Gasteiger partial charge in [0.15, 0.2) is 0 Å². The molecule has 4 aromatic rings. The van der Waals surface area contributed by atoms with Gasteiger partial charge in [0.25, 0.3) is 5.91 Å². The van der Waals surface area contributed by atoms with E-state index in [9.17, 15) is 4.79 Å². The first kappa shape index (κ1) is 18.9. The quantitative estimate of drug-likeness (QED) is 0.467. The van der Waals surface area contributed by atoms with Crippen LogP contribution in [0.3, 0.4) is 0 Å². The zero-order valence-electron chi connectivity index (χ0n) is 16.9. The van der Waals surface area contributed by atoms with Gasteiger partial charge in [0.1, 0.15) is 11.3 Å². The van der Waals surface area contributed by atoms with E-state index >= 15 is 0 Å². The van der Waals surface area contributed by atoms with Crippen LogP contribution in [0.2, 0.25) is 0 Å². The van der Waals surface area contributed by atoms with Gasteiger partial charge in [-0.3, -0.25) is 9.20 Å². The molecule has 1 amide bonds. The molecule has 2 heterocycles. The molecule has 0 aliphatic heterocycles. The average molecular weight is 383 g/mol. The van der Waals surface area contributed by atoms with Crippen LogP contribution in [0.15, 0.2) is 79.0 Å². The Balaban J connectivity index is 1.76. The molecule has 0 saturated heterocycles. The molecule has 0 atom stereocenters. The number of benzene rings is 2. The number of carbonyl (C=O) groups excluding carboxylic acids is 1. The van der Waals surface area contributed by atoms with Crippen molar-refractivity contribution in [1.82, 2.24) is 14.3 Å². The van der Waals surface area contributed by atoms with Crippen molar-refractivity contribution in [2.45, 2.75) is 33.4 Å². The standard InChI is InChI=1S/C25H25N3O/c1-3-22-24(28-16-19(2)14-15-23(28)26-22)25(29)27(17-20-10-6-4-7-11-20)18-21-12-8-5-9-13-21/h4-16H,3,17-18H2,1-2H3. The number of nitrogens with zero attached hydrogens (tertiary/aromatic N) is 3. The summed E-state index contributed by atoms with van der Waals surface area (Å²) in [6.07, 6.45) is 2.71. The number of aromatic nitrogens is 2. The molecular weight excluding hydrogens is 358 g/mol. The molecule has 4 nitrogen and oxygen atoms in total. The molecule has 0 N–H and O–H groups in total. The topological polar surface area (TPSA) is 37.6 Å². The van der Waals surface area contributed by atoms with Crippen LogP contribution in [0.1, 0.15) is 39.8 Å². The third kappa shape index (κ3) is 4.06. The van der Waals surface area contributed by atoms with Crippen molar-refractivity contribution in [3.05, 3.63) is 107 Å². The smallest absolute Gasteiger partial charge is 0.273 e. The third-order valence-electron chi connectivity index (χ3n) is 5.10. The van der Waals surface area contributed by atoms with Crippen LogP contribution in [-0.2, 0) is 19.5 Å². The van der Waals surface area contributed by atoms with Gasteiger partial charge in [-0.15, -0.1) is 0 Å². The third-order valence-corrected chi connectivity index (χ3v) is 5.10. The molecule has 4 rings (SSSR count). The Bertz CT molecular complexity index is 1080. The summed E-state index contributed by atoms with van der Waals surface area (Å²) >= 11 is 0. The predicted octanol–water partition coefficient (Wildman–Crippen LogP) is 5.05. The van der Waals surface area contributed by atoms with E-state index in [0.717, 1.165) is 28.0 Å². The highest BCUT2D eigenvalue weighted by Gasteiger charge is 2.24. The molecule has 146 valence electrons. The zero-order chi connectivity index (χ0) is 20.2. The van der Waals surface area contributed by atoms with Crippen LogP contribution in [0, 0.1) is 6.92 Å². The van der Waals surface area contributed by atoms with Gasteiger partial charge in [0.2, 0.25) is 0 Å². The van der Waals surface area contributed by atoms with Crippen LogP contribution < -0.4 is 0 Å². The number of hydrogen-bond acceptors (Lipinski definition) is 2. The maximum absolute atomic E-state index is 13.8. The van der Waals surface area contributed by atoms with E-state index in [0.29, 0.717) is 25.2 Å². The van der Waals surface area contributed by atoms with E-state index in [2.05, 4.69) is 24.3 Å². The van der Waals surface area contributed by atoms with Gasteiger partial charge in [-0.05, 0) is 36.1 Å². The van der Waals surface area contributed by atoms with Gasteiger partial charge in [-0.2, -0.15) is 0 Å². The van der Waals surface area contributed by atoms with Crippen LogP contribution in [0.5, 0.6) is 0 Å². The molecule has 0 aliphatic rings. The fraction of sp³-hybridized carbons (Fsp3) is 0.200. The van der Waals surface area contributed by atoms with Crippen molar-refractivity contribution < 1.29 is 4.79 Å². The Morgan fingerprint density at radius 2 is 1.48 bits per heavy atom. The summed E-state index contributed by atoms with van der Waals surface area (Å²) in [7, 11) is 0. The molecule has 0 unspecified atom stereocenters. The molecule has 0 saturated carbocycles. The number of imidazole rings is 1. The van der Waals surface area contributed by atoms with Crippen molar-refractivity contribution in [1.29, 1.82) is 0 Å². The number of carbonyl (C=O) groups is 1. The molecule has 0 fully saturated rings. The molecule has 0 aliphatic carbocycles. The van der Waals surface area contributed by atoms with Crippen LogP contribution in [0.25, 0.3) is 5.65 Å². The molecular formula is C25H25N3O. The minimum atomic E-state index is 0.00709. The predicted molar refractivity (Wildman–Crippen MR) is 116 cm³/mol. The summed E-state index contributed by atoms with van der Waals surface area (Å²) in [5.74, 6) is 0.00709. The molecule has 2 aromatic heterocycles. The van der Waals surface area contributed by atoms with E-state index in [1.807, 2.05) is 77.9 Å². The van der Waals surface area contributed by atoms with Crippen molar-refractivity contribution in [2.75, 3.05) is 0 Å². The minimum Gasteiger partial charge on any atom is -0.329 e. The number of aryl methyl sites for hydroxylation is 2. The van der Waals surface area contributed by atoms with E-state index < -0.39 is 0 Å². The first-order valence-electron chi connectivity index (χ1n) is 10.0. The van der Waals surface area contributed by atoms with Crippen molar-refractivity contribution in [3.8, 4) is 0 Å². The van der Waals surface area contributed by atoms with Gasteiger partial charge in [0.05, 0.1) is 5.69 Å². The Morgan fingerprint density at radius 1 is 0.897 bits per heavy atom. The summed E-state index contributed by atoms with van der Waals surface area (Å²) in [4.78, 5) is 20.4. The average Bonchev–Trinajstić information content (AvgIpc) is 3.12. The number of rotatable bonds is 6. The van der Waals surface area contributed by atoms with Gasteiger partial charge in [0, 0.05) is 19.3 Å². The van der Waals surface area contributed by atoms with Gasteiger partial charge in [-0.1, -0.05) is 73.7 Å². The van der Waals surface area contributed by atoms with Crippen molar-refractivity contribution >= 4 is 11.6 Å². The second kappa shape index (κ2) is 8.31. The minimum absolute atomic E-state index is 0.00709. The molecule has 0 bridgehead atoms. The SMILES string of the molecule is CCc1nc2ccc(C)cn2c1C(=O)N(Cc1ccccc1)Cc1ccccc1. The molecule has 0 spiro atoms. The number of fused-ring (bicyclic) bond motifs is 1. The Kier molecular flexibility index (Phi) is 5.43. The summed E-state index contributed by atoms with van der Waals surface area (Å²) in [6.45, 7) is 5.18. The second-order valence-electron chi connectivity index (χ2n) is 7.33. The maximum atomic E-state index is 13.8. The fourth-order valence-corrected chi connectivity index (χ4v) is 3.63. The monoisotopic (exact) mass is 383 g/mol. The maximum Gasteiger partial charge on any atom is 0.273 e.